The van der Waals surface area contributed by atoms with E-state index >= 15 is 0 Å². The average molecular weight is 645 g/mol. The molecule has 0 radical (unpaired) electrons. The third kappa shape index (κ3) is 4.71. The van der Waals surface area contributed by atoms with Gasteiger partial charge in [-0.2, -0.15) is 4.57 Å². The predicted molar refractivity (Wildman–Crippen MR) is 140 cm³/mol. The summed E-state index contributed by atoms with van der Waals surface area (Å²) in [7, 11) is 3.26. The van der Waals surface area contributed by atoms with Gasteiger partial charge in [-0.3, -0.25) is 4.79 Å². The van der Waals surface area contributed by atoms with Crippen LogP contribution in [0.25, 0.3) is 22.0 Å². The van der Waals surface area contributed by atoms with Crippen molar-refractivity contribution in [2.24, 2.45) is 0 Å². The Hall–Kier alpha value is -3.24. The third-order valence-electron chi connectivity index (χ3n) is 6.98. The lowest BCUT2D eigenvalue weighted by Gasteiger charge is -2.21. The third-order valence-corrected chi connectivity index (χ3v) is 7.23. The van der Waals surface area contributed by atoms with Gasteiger partial charge in [0.2, 0.25) is 18.4 Å². The Morgan fingerprint density at radius 1 is 1.03 bits per heavy atom. The lowest BCUT2D eigenvalue weighted by Crippen LogP contribution is -3.00. The minimum Gasteiger partial charge on any atom is -1.00 e. The molecule has 0 bridgehead atoms. The highest BCUT2D eigenvalue weighted by Gasteiger charge is 2.33. The van der Waals surface area contributed by atoms with Gasteiger partial charge in [0.25, 0.3) is 0 Å². The van der Waals surface area contributed by atoms with Gasteiger partial charge in [-0.15, -0.1) is 0 Å². The Kier molecular flexibility index (Phi) is 7.54. The molecule has 0 unspecified atom stereocenters. The van der Waals surface area contributed by atoms with Crippen molar-refractivity contribution >= 4 is 28.3 Å². The Balaban J connectivity index is 0.00000294. The van der Waals surface area contributed by atoms with E-state index in [9.17, 15) is 4.79 Å². The van der Waals surface area contributed by atoms with Gasteiger partial charge in [-0.05, 0) is 47.5 Å². The van der Waals surface area contributed by atoms with E-state index < -0.39 is 0 Å². The van der Waals surface area contributed by atoms with Crippen LogP contribution >= 0.6 is 11.6 Å². The van der Waals surface area contributed by atoms with Gasteiger partial charge in [-0.1, -0.05) is 23.7 Å². The number of halogens is 2. The first-order chi connectivity index (χ1) is 18.1. The highest BCUT2D eigenvalue weighted by atomic mass is 127. The van der Waals surface area contributed by atoms with Crippen LogP contribution in [0.3, 0.4) is 0 Å². The lowest BCUT2D eigenvalue weighted by molar-refractivity contribution is -0.686. The topological polar surface area (TPSA) is 69.9 Å². The second kappa shape index (κ2) is 10.9. The summed E-state index contributed by atoms with van der Waals surface area (Å²) in [6.45, 7) is 1.40. The van der Waals surface area contributed by atoms with Crippen molar-refractivity contribution in [3.63, 3.8) is 0 Å². The van der Waals surface area contributed by atoms with Crippen LogP contribution in [0.1, 0.15) is 16.7 Å². The number of carbonyl (C=O) groups is 1. The molecule has 3 heterocycles. The van der Waals surface area contributed by atoms with Gasteiger partial charge in [0.15, 0.2) is 35.7 Å². The number of methoxy groups -OCH3 is 2. The maximum absolute atomic E-state index is 13.3. The summed E-state index contributed by atoms with van der Waals surface area (Å²) in [6.07, 6.45) is 3.13. The van der Waals surface area contributed by atoms with Crippen LogP contribution in [0.5, 0.6) is 23.0 Å². The Morgan fingerprint density at radius 3 is 2.53 bits per heavy atom. The number of pyridine rings is 1. The van der Waals surface area contributed by atoms with Crippen molar-refractivity contribution in [1.82, 2.24) is 5.32 Å². The zero-order valence-electron chi connectivity index (χ0n) is 21.0. The van der Waals surface area contributed by atoms with Crippen LogP contribution in [-0.2, 0) is 30.7 Å². The summed E-state index contributed by atoms with van der Waals surface area (Å²) >= 11 is 6.00. The van der Waals surface area contributed by atoms with Crippen molar-refractivity contribution in [1.29, 1.82) is 0 Å². The molecular weight excluding hydrogens is 619 g/mol. The quantitative estimate of drug-likeness (QED) is 0.255. The number of nitrogens with one attached hydrogen (secondary N) is 1. The van der Waals surface area contributed by atoms with Crippen LogP contribution in [0, 0.1) is 0 Å². The summed E-state index contributed by atoms with van der Waals surface area (Å²) in [5, 5.41) is 5.57. The van der Waals surface area contributed by atoms with E-state index in [4.69, 9.17) is 30.5 Å². The van der Waals surface area contributed by atoms with E-state index in [-0.39, 0.29) is 43.1 Å². The molecule has 6 rings (SSSR count). The van der Waals surface area contributed by atoms with Crippen LogP contribution in [-0.4, -0.2) is 26.9 Å². The van der Waals surface area contributed by atoms with Crippen molar-refractivity contribution in [3.05, 3.63) is 76.4 Å². The molecule has 0 saturated carbocycles. The standard InChI is InChI=1S/C29H25ClN2O5.HI/c1-34-24-8-7-20-22(13-27(33)31-14-17-3-5-19(30)6-4-17)28-21-12-26-25(36-16-37-26)11-18(21)9-10-32(28)15-23(20)29(24)35-2;/h3-8,11-12,15H,9-10,13-14,16H2,1-2H3;1H. The summed E-state index contributed by atoms with van der Waals surface area (Å²) in [4.78, 5) is 13.3. The molecule has 0 spiro atoms. The SMILES string of the molecule is COc1ccc2c(CC(=O)NCc3ccc(Cl)cc3)c3[n+](cc2c1OC)CCc1cc2c(cc1-3)OCO2.[I-]. The molecule has 2 aliphatic rings. The Bertz CT molecular complexity index is 1540. The highest BCUT2D eigenvalue weighted by Crippen LogP contribution is 2.43. The van der Waals surface area contributed by atoms with Gasteiger partial charge in [0.05, 0.1) is 31.6 Å². The van der Waals surface area contributed by atoms with Crippen molar-refractivity contribution in [3.8, 4) is 34.3 Å². The molecule has 0 saturated heterocycles. The minimum absolute atomic E-state index is 0. The van der Waals surface area contributed by atoms with E-state index in [2.05, 4.69) is 22.1 Å². The molecule has 7 nitrogen and oxygen atoms in total. The van der Waals surface area contributed by atoms with Gasteiger partial charge in [0.1, 0.15) is 0 Å². The van der Waals surface area contributed by atoms with Crippen LogP contribution in [0.2, 0.25) is 5.02 Å². The molecule has 0 fully saturated rings. The van der Waals surface area contributed by atoms with Gasteiger partial charge >= 0.3 is 0 Å². The first kappa shape index (κ1) is 26.4. The number of ether oxygens (including phenoxy) is 4. The van der Waals surface area contributed by atoms with Gasteiger partial charge < -0.3 is 48.2 Å². The number of amides is 1. The number of rotatable bonds is 6. The maximum atomic E-state index is 13.3. The Labute approximate surface area is 242 Å². The Morgan fingerprint density at radius 2 is 1.79 bits per heavy atom. The smallest absolute Gasteiger partial charge is 0.231 e. The fourth-order valence-electron chi connectivity index (χ4n) is 5.21. The first-order valence-electron chi connectivity index (χ1n) is 12.1. The first-order valence-corrected chi connectivity index (χ1v) is 12.5. The molecule has 0 aliphatic carbocycles. The minimum atomic E-state index is -0.0760. The summed E-state index contributed by atoms with van der Waals surface area (Å²) in [6, 6.07) is 15.4. The summed E-state index contributed by atoms with van der Waals surface area (Å²) in [5.41, 5.74) is 5.13. The molecule has 4 aromatic rings. The number of benzene rings is 3. The molecule has 9 heteroatoms. The monoisotopic (exact) mass is 644 g/mol. The molecular formula is C29H26ClIN2O5. The maximum Gasteiger partial charge on any atom is 0.231 e. The normalized spacial score (nSPS) is 12.8. The molecule has 2 aliphatic heterocycles. The van der Waals surface area contributed by atoms with Gasteiger partial charge in [-0.25, -0.2) is 0 Å². The lowest BCUT2D eigenvalue weighted by atomic mass is 9.89. The van der Waals surface area contributed by atoms with E-state index in [1.807, 2.05) is 42.5 Å². The zero-order chi connectivity index (χ0) is 25.5. The number of aryl methyl sites for hydroxylation is 2. The number of hydrogen-bond acceptors (Lipinski definition) is 5. The molecule has 38 heavy (non-hydrogen) atoms. The van der Waals surface area contributed by atoms with Crippen LogP contribution in [0.4, 0.5) is 0 Å². The molecule has 3 aromatic carbocycles. The molecule has 196 valence electrons. The average Bonchev–Trinajstić information content (AvgIpc) is 3.38. The molecule has 1 N–H and O–H groups in total. The highest BCUT2D eigenvalue weighted by molar-refractivity contribution is 6.30. The summed E-state index contributed by atoms with van der Waals surface area (Å²) < 4.78 is 24.8. The molecule has 1 aromatic heterocycles. The second-order valence-corrected chi connectivity index (χ2v) is 9.54. The van der Waals surface area contributed by atoms with Crippen LogP contribution in [0.15, 0.2) is 54.7 Å². The van der Waals surface area contributed by atoms with Gasteiger partial charge in [0, 0.05) is 28.9 Å². The number of fused-ring (bicyclic) bond motifs is 5. The van der Waals surface area contributed by atoms with Crippen molar-refractivity contribution in [2.75, 3.05) is 21.0 Å². The van der Waals surface area contributed by atoms with E-state index in [0.717, 1.165) is 57.6 Å². The number of nitrogens with zero attached hydrogens (tertiary/aromatic N) is 1. The molecule has 0 atom stereocenters. The number of aromatic nitrogens is 1. The number of hydrogen-bond donors (Lipinski definition) is 1. The van der Waals surface area contributed by atoms with E-state index in [1.165, 1.54) is 5.56 Å². The predicted octanol–water partition coefficient (Wildman–Crippen LogP) is 1.61. The largest absolute Gasteiger partial charge is 1.00 e. The molecule has 1 amide bonds. The van der Waals surface area contributed by atoms with Crippen molar-refractivity contribution < 1.29 is 52.3 Å². The van der Waals surface area contributed by atoms with E-state index in [0.29, 0.717) is 23.1 Å². The van der Waals surface area contributed by atoms with Crippen molar-refractivity contribution in [2.45, 2.75) is 25.9 Å². The summed E-state index contributed by atoms with van der Waals surface area (Å²) in [5.74, 6) is 2.70. The second-order valence-electron chi connectivity index (χ2n) is 9.10. The van der Waals surface area contributed by atoms with E-state index in [1.54, 1.807) is 14.2 Å². The zero-order valence-corrected chi connectivity index (χ0v) is 23.9. The fourth-order valence-corrected chi connectivity index (χ4v) is 5.34. The fraction of sp³-hybridized carbons (Fsp3) is 0.241. The number of carbonyl (C=O) groups excluding carboxylic acids is 1. The van der Waals surface area contributed by atoms with Crippen LogP contribution < -0.4 is 52.8 Å².